The monoisotopic (exact) mass is 895 g/mol. The Morgan fingerprint density at radius 1 is 0.859 bits per heavy atom. The minimum Gasteiger partial charge on any atom is -0.506 e. The number of hydrogen-bond acceptors (Lipinski definition) is 9. The molecule has 2 fully saturated rings. The van der Waals surface area contributed by atoms with Crippen LogP contribution in [-0.4, -0.2) is 73.4 Å². The lowest BCUT2D eigenvalue weighted by atomic mass is 9.80. The molecule has 2 saturated carbocycles. The Morgan fingerprint density at radius 2 is 1.58 bits per heavy atom. The molecular formula is C50H69N5O8Si. The number of amides is 3. The number of H-pyrrole nitrogens is 1. The molecule has 0 spiro atoms. The van der Waals surface area contributed by atoms with Crippen LogP contribution in [0.5, 0.6) is 5.75 Å². The number of aryl methyl sites for hydroxylation is 1. The topological polar surface area (TPSA) is 180 Å². The average molecular weight is 896 g/mol. The van der Waals surface area contributed by atoms with Crippen molar-refractivity contribution in [1.29, 1.82) is 0 Å². The third kappa shape index (κ3) is 13.4. The minimum atomic E-state index is -2.20. The zero-order valence-corrected chi connectivity index (χ0v) is 39.9. The molecule has 0 unspecified atom stereocenters. The lowest BCUT2D eigenvalue weighted by molar-refractivity contribution is -0.122. The second-order valence-electron chi connectivity index (χ2n) is 20.2. The largest absolute Gasteiger partial charge is 0.506 e. The van der Waals surface area contributed by atoms with Crippen molar-refractivity contribution in [3.05, 3.63) is 94.3 Å². The quantitative estimate of drug-likeness (QED) is 0.0597. The number of alkyl carbamates (subject to hydrolysis) is 1. The van der Waals surface area contributed by atoms with Crippen LogP contribution in [0.1, 0.15) is 110 Å². The molecule has 1 heterocycles. The Labute approximate surface area is 379 Å². The Morgan fingerprint density at radius 3 is 2.27 bits per heavy atom. The fraction of sp³-hybridized carbons (Fsp3) is 0.520. The second-order valence-corrected chi connectivity index (χ2v) is 24.9. The van der Waals surface area contributed by atoms with E-state index in [4.69, 9.17) is 13.9 Å². The van der Waals surface area contributed by atoms with E-state index in [0.29, 0.717) is 68.6 Å². The standard InChI is InChI=1S/C50H69N5O8Si/c1-49(2,3)62-48(60)53-35-18-20-37(21-19-35)61-47(59)54-41-29-32(17-22-38(41)34-14-10-9-11-15-34)13-12-16-44(57)52-36-27-33(28-36)30-51-31-43(63-64(7,8)50(4,5)6)39-23-25-42(56)46-40(39)24-26-45(58)55-46/h9-11,14-15,17,22-26,29,33,35-37,43,51,56H,12-13,16,18-21,27-28,30-31H2,1-8H3,(H,52,57)(H,53,60)(H,54,59)(H,55,58)/t33-,35-,36-,37-,43-/m0/s1. The number of pyridine rings is 1. The van der Waals surface area contributed by atoms with E-state index in [1.807, 2.05) is 75.4 Å². The normalized spacial score (nSPS) is 19.6. The van der Waals surface area contributed by atoms with E-state index in [9.17, 15) is 24.3 Å². The van der Waals surface area contributed by atoms with E-state index in [2.05, 4.69) is 60.1 Å². The van der Waals surface area contributed by atoms with Gasteiger partial charge in [0.2, 0.25) is 11.5 Å². The molecule has 3 aromatic carbocycles. The van der Waals surface area contributed by atoms with Gasteiger partial charge in [0.25, 0.3) is 0 Å². The molecule has 4 aromatic rings. The fourth-order valence-corrected chi connectivity index (χ4v) is 9.56. The van der Waals surface area contributed by atoms with Gasteiger partial charge in [-0.3, -0.25) is 14.9 Å². The van der Waals surface area contributed by atoms with Gasteiger partial charge in [0.15, 0.2) is 8.32 Å². The number of carbonyl (C=O) groups excluding carboxylic acids is 3. The van der Waals surface area contributed by atoms with Crippen molar-refractivity contribution in [3.8, 4) is 16.9 Å². The van der Waals surface area contributed by atoms with Crippen LogP contribution in [-0.2, 0) is 25.1 Å². The molecule has 0 bridgehead atoms. The van der Waals surface area contributed by atoms with Crippen LogP contribution in [0.15, 0.2) is 77.6 Å². The lowest BCUT2D eigenvalue weighted by Gasteiger charge is -2.40. The van der Waals surface area contributed by atoms with Crippen LogP contribution >= 0.6 is 0 Å². The highest BCUT2D eigenvalue weighted by atomic mass is 28.4. The second kappa shape index (κ2) is 20.8. The van der Waals surface area contributed by atoms with E-state index < -0.39 is 26.1 Å². The van der Waals surface area contributed by atoms with Gasteiger partial charge >= 0.3 is 12.2 Å². The summed E-state index contributed by atoms with van der Waals surface area (Å²) in [7, 11) is -2.20. The van der Waals surface area contributed by atoms with Crippen LogP contribution in [0.25, 0.3) is 22.0 Å². The van der Waals surface area contributed by atoms with Crippen LogP contribution in [0.3, 0.4) is 0 Å². The van der Waals surface area contributed by atoms with Gasteiger partial charge in [-0.15, -0.1) is 0 Å². The van der Waals surface area contributed by atoms with E-state index in [-0.39, 0.29) is 46.5 Å². The maximum Gasteiger partial charge on any atom is 0.411 e. The van der Waals surface area contributed by atoms with Crippen molar-refractivity contribution < 1.29 is 33.4 Å². The lowest BCUT2D eigenvalue weighted by Crippen LogP contribution is -2.48. The van der Waals surface area contributed by atoms with Gasteiger partial charge in [-0.2, -0.15) is 0 Å². The number of hydrogen-bond donors (Lipinski definition) is 6. The summed E-state index contributed by atoms with van der Waals surface area (Å²) >= 11 is 0. The summed E-state index contributed by atoms with van der Waals surface area (Å²) in [5.41, 5.74) is 4.00. The van der Waals surface area contributed by atoms with Gasteiger partial charge in [0.05, 0.1) is 17.3 Å². The van der Waals surface area contributed by atoms with Crippen molar-refractivity contribution in [2.45, 2.75) is 147 Å². The Balaban J connectivity index is 0.960. The van der Waals surface area contributed by atoms with Crippen LogP contribution < -0.4 is 26.8 Å². The number of nitrogens with one attached hydrogen (secondary N) is 5. The maximum atomic E-state index is 13.2. The number of aromatic amines is 1. The predicted molar refractivity (Wildman–Crippen MR) is 255 cm³/mol. The number of anilines is 1. The molecule has 6 rings (SSSR count). The molecule has 2 aliphatic rings. The summed E-state index contributed by atoms with van der Waals surface area (Å²) in [6, 6.07) is 22.8. The molecule has 0 saturated heterocycles. The molecule has 1 atom stereocenters. The zero-order valence-electron chi connectivity index (χ0n) is 38.9. The summed E-state index contributed by atoms with van der Waals surface area (Å²) in [5, 5.41) is 24.1. The van der Waals surface area contributed by atoms with Gasteiger partial charge < -0.3 is 39.9 Å². The molecule has 64 heavy (non-hydrogen) atoms. The van der Waals surface area contributed by atoms with Crippen LogP contribution in [0.4, 0.5) is 15.3 Å². The number of aromatic nitrogens is 1. The molecule has 0 radical (unpaired) electrons. The maximum absolute atomic E-state index is 13.2. The first-order valence-electron chi connectivity index (χ1n) is 22.9. The number of benzene rings is 3. The molecule has 0 aliphatic heterocycles. The van der Waals surface area contributed by atoms with E-state index in [1.165, 1.54) is 6.07 Å². The Kier molecular flexibility index (Phi) is 15.7. The van der Waals surface area contributed by atoms with Gasteiger partial charge in [-0.1, -0.05) is 69.3 Å². The third-order valence-electron chi connectivity index (χ3n) is 12.8. The molecule has 13 nitrogen and oxygen atoms in total. The predicted octanol–water partition coefficient (Wildman–Crippen LogP) is 9.86. The molecule has 2 aliphatic carbocycles. The van der Waals surface area contributed by atoms with Crippen molar-refractivity contribution in [1.82, 2.24) is 20.9 Å². The fourth-order valence-electron chi connectivity index (χ4n) is 8.29. The minimum absolute atomic E-state index is 0.0124. The summed E-state index contributed by atoms with van der Waals surface area (Å²) in [6.45, 7) is 17.9. The van der Waals surface area contributed by atoms with Crippen molar-refractivity contribution in [2.75, 3.05) is 18.4 Å². The Bertz CT molecular complexity index is 2290. The van der Waals surface area contributed by atoms with Crippen LogP contribution in [0, 0.1) is 5.92 Å². The smallest absolute Gasteiger partial charge is 0.411 e. The van der Waals surface area contributed by atoms with E-state index in [0.717, 1.165) is 47.0 Å². The first kappa shape index (κ1) is 48.3. The van der Waals surface area contributed by atoms with Gasteiger partial charge in [-0.05, 0) is 138 Å². The van der Waals surface area contributed by atoms with Gasteiger partial charge in [0, 0.05) is 42.1 Å². The summed E-state index contributed by atoms with van der Waals surface area (Å²) in [6.07, 6.45) is 4.68. The molecule has 6 N–H and O–H groups in total. The van der Waals surface area contributed by atoms with Gasteiger partial charge in [-0.25, -0.2) is 9.59 Å². The zero-order chi connectivity index (χ0) is 46.2. The number of fused-ring (bicyclic) bond motifs is 1. The number of phenolic OH excluding ortho intramolecular Hbond substituents is 1. The molecule has 3 amide bonds. The molecule has 1 aromatic heterocycles. The third-order valence-corrected chi connectivity index (χ3v) is 17.3. The average Bonchev–Trinajstić information content (AvgIpc) is 3.20. The Hall–Kier alpha value is -5.18. The molecular weight excluding hydrogens is 827 g/mol. The van der Waals surface area contributed by atoms with E-state index >= 15 is 0 Å². The van der Waals surface area contributed by atoms with Gasteiger partial charge in [0.1, 0.15) is 17.5 Å². The number of phenols is 1. The highest BCUT2D eigenvalue weighted by molar-refractivity contribution is 6.74. The van der Waals surface area contributed by atoms with E-state index in [1.54, 1.807) is 12.1 Å². The number of aromatic hydroxyl groups is 1. The summed E-state index contributed by atoms with van der Waals surface area (Å²) < 4.78 is 18.2. The number of ether oxygens (including phenoxy) is 2. The molecule has 346 valence electrons. The number of rotatable bonds is 16. The molecule has 14 heteroatoms. The highest BCUT2D eigenvalue weighted by Gasteiger charge is 2.40. The highest BCUT2D eigenvalue weighted by Crippen LogP contribution is 2.41. The van der Waals surface area contributed by atoms with Crippen molar-refractivity contribution in [3.63, 3.8) is 0 Å². The first-order valence-corrected chi connectivity index (χ1v) is 25.8. The number of carbonyl (C=O) groups is 3. The van der Waals surface area contributed by atoms with Crippen molar-refractivity contribution in [2.24, 2.45) is 5.92 Å². The summed E-state index contributed by atoms with van der Waals surface area (Å²) in [5.74, 6) is 0.485. The van der Waals surface area contributed by atoms with Crippen LogP contribution in [0.2, 0.25) is 18.1 Å². The SMILES string of the molecule is CC(C)(C)OC(=O)N[C@H]1CC[C@H](OC(=O)Nc2cc(CCCC(=O)N[C@H]3C[C@H](CNC[C@H](O[Si](C)(C)C(C)(C)C)c4ccc(O)c5[nH]c(=O)ccc45)C3)ccc2-c2ccccc2)CC1. The summed E-state index contributed by atoms with van der Waals surface area (Å²) in [4.78, 5) is 53.4. The van der Waals surface area contributed by atoms with Crippen molar-refractivity contribution >= 4 is 43.0 Å². The first-order chi connectivity index (χ1) is 30.2.